The van der Waals surface area contributed by atoms with Crippen LogP contribution in [0.2, 0.25) is 0 Å². The molecule has 0 aliphatic heterocycles. The summed E-state index contributed by atoms with van der Waals surface area (Å²) in [5.74, 6) is 2.03. The van der Waals surface area contributed by atoms with Gasteiger partial charge in [-0.3, -0.25) is 9.59 Å². The van der Waals surface area contributed by atoms with E-state index in [1.165, 1.54) is 16.7 Å². The summed E-state index contributed by atoms with van der Waals surface area (Å²) in [6.07, 6.45) is 5.82. The van der Waals surface area contributed by atoms with Gasteiger partial charge in [0.25, 0.3) is 0 Å². The smallest absolute Gasteiger partial charge is 0.230 e. The molecule has 0 aromatic heterocycles. The van der Waals surface area contributed by atoms with Crippen molar-refractivity contribution < 1.29 is 9.59 Å². The number of amides is 2. The van der Waals surface area contributed by atoms with E-state index in [0.717, 1.165) is 6.42 Å². The third-order valence-corrected chi connectivity index (χ3v) is 3.77. The van der Waals surface area contributed by atoms with Crippen LogP contribution in [-0.2, 0) is 16.0 Å². The lowest BCUT2D eigenvalue weighted by Crippen LogP contribution is -2.35. The predicted molar refractivity (Wildman–Crippen MR) is 81.4 cm³/mol. The molecule has 0 spiro atoms. The zero-order chi connectivity index (χ0) is 15.4. The number of benzene rings is 1. The van der Waals surface area contributed by atoms with Crippen molar-refractivity contribution in [1.29, 1.82) is 0 Å². The topological polar surface area (TPSA) is 58.2 Å². The Kier molecular flexibility index (Phi) is 4.64. The molecule has 0 bridgehead atoms. The average molecular weight is 284 g/mol. The Bertz CT molecular complexity index is 601. The fourth-order valence-corrected chi connectivity index (χ4v) is 2.76. The van der Waals surface area contributed by atoms with Crippen LogP contribution >= 0.6 is 0 Å². The van der Waals surface area contributed by atoms with E-state index in [1.807, 2.05) is 6.92 Å². The second-order valence-corrected chi connectivity index (χ2v) is 5.59. The minimum Gasteiger partial charge on any atom is -0.349 e. The molecule has 0 saturated heterocycles. The average Bonchev–Trinajstić information content (AvgIpc) is 2.72. The van der Waals surface area contributed by atoms with Crippen molar-refractivity contribution in [2.75, 3.05) is 6.54 Å². The highest BCUT2D eigenvalue weighted by atomic mass is 16.2. The van der Waals surface area contributed by atoms with Gasteiger partial charge in [-0.05, 0) is 30.4 Å². The first kappa shape index (κ1) is 15.1. The van der Waals surface area contributed by atoms with Crippen LogP contribution in [0.4, 0.5) is 0 Å². The van der Waals surface area contributed by atoms with Crippen molar-refractivity contribution in [2.45, 2.75) is 32.7 Å². The van der Waals surface area contributed by atoms with E-state index in [1.54, 1.807) is 0 Å². The first-order valence-corrected chi connectivity index (χ1v) is 7.10. The van der Waals surface area contributed by atoms with Crippen LogP contribution in [0.1, 0.15) is 36.1 Å². The minimum atomic E-state index is -0.347. The summed E-state index contributed by atoms with van der Waals surface area (Å²) in [4.78, 5) is 23.5. The number of hydrogen-bond acceptors (Lipinski definition) is 2. The van der Waals surface area contributed by atoms with Gasteiger partial charge in [-0.15, -0.1) is 6.42 Å². The normalized spacial score (nSPS) is 19.5. The fourth-order valence-electron chi connectivity index (χ4n) is 2.76. The highest BCUT2D eigenvalue weighted by Gasteiger charge is 2.30. The van der Waals surface area contributed by atoms with Crippen LogP contribution in [0.15, 0.2) is 18.2 Å². The van der Waals surface area contributed by atoms with Gasteiger partial charge in [-0.25, -0.2) is 0 Å². The molecule has 1 aliphatic carbocycles. The molecule has 4 heteroatoms. The maximum atomic E-state index is 12.0. The first-order chi connectivity index (χ1) is 10.0. The molecule has 1 aromatic carbocycles. The molecular formula is C17H20N2O2. The van der Waals surface area contributed by atoms with E-state index in [4.69, 9.17) is 6.42 Å². The Morgan fingerprint density at radius 2 is 2.14 bits per heavy atom. The van der Waals surface area contributed by atoms with Crippen molar-refractivity contribution >= 4 is 11.8 Å². The number of nitrogens with one attached hydrogen (secondary N) is 2. The van der Waals surface area contributed by atoms with E-state index >= 15 is 0 Å². The number of fused-ring (bicyclic) bond motifs is 1. The highest BCUT2D eigenvalue weighted by molar-refractivity contribution is 5.97. The van der Waals surface area contributed by atoms with E-state index in [0.29, 0.717) is 5.92 Å². The monoisotopic (exact) mass is 284 g/mol. The summed E-state index contributed by atoms with van der Waals surface area (Å²) < 4.78 is 0. The zero-order valence-corrected chi connectivity index (χ0v) is 12.4. The van der Waals surface area contributed by atoms with Gasteiger partial charge >= 0.3 is 0 Å². The lowest BCUT2D eigenvalue weighted by atomic mass is 10.0. The van der Waals surface area contributed by atoms with Crippen molar-refractivity contribution in [3.05, 3.63) is 34.9 Å². The van der Waals surface area contributed by atoms with E-state index in [9.17, 15) is 9.59 Å². The molecule has 0 saturated carbocycles. The minimum absolute atomic E-state index is 0.0205. The van der Waals surface area contributed by atoms with Crippen molar-refractivity contribution in [3.63, 3.8) is 0 Å². The van der Waals surface area contributed by atoms with Crippen molar-refractivity contribution in [2.24, 2.45) is 5.92 Å². The molecule has 2 N–H and O–H groups in total. The Labute approximate surface area is 125 Å². The summed E-state index contributed by atoms with van der Waals surface area (Å²) >= 11 is 0. The van der Waals surface area contributed by atoms with Gasteiger partial charge in [0.15, 0.2) is 0 Å². The van der Waals surface area contributed by atoms with Crippen LogP contribution < -0.4 is 10.6 Å². The molecule has 2 atom stereocenters. The zero-order valence-electron chi connectivity index (χ0n) is 12.4. The summed E-state index contributed by atoms with van der Waals surface area (Å²) in [5.41, 5.74) is 3.61. The number of carbonyl (C=O) groups excluding carboxylic acids is 2. The molecule has 1 aromatic rings. The highest BCUT2D eigenvalue weighted by Crippen LogP contribution is 2.36. The molecule has 0 fully saturated rings. The fraction of sp³-hybridized carbons (Fsp3) is 0.412. The molecule has 2 rings (SSSR count). The van der Waals surface area contributed by atoms with E-state index < -0.39 is 0 Å². The van der Waals surface area contributed by atoms with Gasteiger partial charge in [-0.2, -0.15) is 0 Å². The third kappa shape index (κ3) is 3.63. The lowest BCUT2D eigenvalue weighted by Gasteiger charge is -2.19. The van der Waals surface area contributed by atoms with Crippen molar-refractivity contribution in [1.82, 2.24) is 10.6 Å². The maximum absolute atomic E-state index is 12.0. The lowest BCUT2D eigenvalue weighted by molar-refractivity contribution is -0.129. The first-order valence-electron chi connectivity index (χ1n) is 7.10. The Morgan fingerprint density at radius 3 is 2.86 bits per heavy atom. The SMILES string of the molecule is C#CCNC(=O)CC(=O)NC1c2cc(C)ccc2CC1C. The standard InChI is InChI=1S/C17H20N2O2/c1-4-7-18-15(20)10-16(21)19-17-12(3)9-13-6-5-11(2)8-14(13)17/h1,5-6,8,12,17H,7,9-10H2,2-3H3,(H,18,20)(H,19,21). The largest absolute Gasteiger partial charge is 0.349 e. The number of terminal acetylenes is 1. The van der Waals surface area contributed by atoms with E-state index in [2.05, 4.69) is 41.7 Å². The van der Waals surface area contributed by atoms with E-state index in [-0.39, 0.29) is 30.8 Å². The molecule has 0 radical (unpaired) electrons. The summed E-state index contributed by atoms with van der Waals surface area (Å²) in [7, 11) is 0. The second-order valence-electron chi connectivity index (χ2n) is 5.59. The number of rotatable bonds is 4. The number of carbonyl (C=O) groups is 2. The quantitative estimate of drug-likeness (QED) is 0.650. The third-order valence-electron chi connectivity index (χ3n) is 3.77. The van der Waals surface area contributed by atoms with Crippen LogP contribution in [-0.4, -0.2) is 18.4 Å². The Morgan fingerprint density at radius 1 is 1.38 bits per heavy atom. The Balaban J connectivity index is 2.00. The molecule has 110 valence electrons. The second kappa shape index (κ2) is 6.45. The molecule has 21 heavy (non-hydrogen) atoms. The molecule has 0 heterocycles. The summed E-state index contributed by atoms with van der Waals surface area (Å²) in [6.45, 7) is 4.29. The van der Waals surface area contributed by atoms with Gasteiger partial charge in [0, 0.05) is 0 Å². The van der Waals surface area contributed by atoms with Crippen LogP contribution in [0.3, 0.4) is 0 Å². The number of aryl methyl sites for hydroxylation is 1. The predicted octanol–water partition coefficient (Wildman–Crippen LogP) is 1.48. The molecule has 2 amide bonds. The van der Waals surface area contributed by atoms with Gasteiger partial charge in [-0.1, -0.05) is 36.6 Å². The summed E-state index contributed by atoms with van der Waals surface area (Å²) in [6, 6.07) is 6.30. The van der Waals surface area contributed by atoms with Crippen LogP contribution in [0.25, 0.3) is 0 Å². The summed E-state index contributed by atoms with van der Waals surface area (Å²) in [5, 5.41) is 5.46. The number of hydrogen-bond donors (Lipinski definition) is 2. The molecule has 4 nitrogen and oxygen atoms in total. The van der Waals surface area contributed by atoms with Crippen LogP contribution in [0, 0.1) is 25.2 Å². The molecule has 2 unspecified atom stereocenters. The maximum Gasteiger partial charge on any atom is 0.230 e. The van der Waals surface area contributed by atoms with Gasteiger partial charge in [0.05, 0.1) is 12.6 Å². The Hall–Kier alpha value is -2.28. The van der Waals surface area contributed by atoms with Gasteiger partial charge in [0.2, 0.25) is 11.8 Å². The molecular weight excluding hydrogens is 264 g/mol. The van der Waals surface area contributed by atoms with Crippen LogP contribution in [0.5, 0.6) is 0 Å². The van der Waals surface area contributed by atoms with Crippen molar-refractivity contribution in [3.8, 4) is 12.3 Å². The van der Waals surface area contributed by atoms with Gasteiger partial charge < -0.3 is 10.6 Å². The van der Waals surface area contributed by atoms with Gasteiger partial charge in [0.1, 0.15) is 6.42 Å². The molecule has 1 aliphatic rings.